The molecule has 2 aromatic rings. The van der Waals surface area contributed by atoms with Crippen molar-refractivity contribution in [2.45, 2.75) is 0 Å². The number of benzene rings is 2. The molecular formula is C17H14ClN3O2S. The molecule has 1 saturated heterocycles. The molecule has 0 unspecified atom stereocenters. The normalized spacial score (nSPS) is 16.3. The fraction of sp³-hybridized carbons (Fsp3) is 0.118. The molecule has 0 aliphatic carbocycles. The van der Waals surface area contributed by atoms with E-state index in [2.05, 4.69) is 10.1 Å². The average molecular weight is 360 g/mol. The van der Waals surface area contributed by atoms with Crippen LogP contribution >= 0.6 is 23.4 Å². The number of aliphatic imine (C=N–C) groups is 1. The number of ether oxygens (including phenoxy) is 1. The molecule has 5 nitrogen and oxygen atoms in total. The van der Waals surface area contributed by atoms with Gasteiger partial charge in [-0.3, -0.25) is 4.79 Å². The lowest BCUT2D eigenvalue weighted by Crippen LogP contribution is -2.23. The second-order valence-corrected chi connectivity index (χ2v) is 6.26. The van der Waals surface area contributed by atoms with Crippen molar-refractivity contribution in [2.24, 2.45) is 10.1 Å². The number of thioether (sulfide) groups is 1. The summed E-state index contributed by atoms with van der Waals surface area (Å²) in [6, 6.07) is 14.5. The van der Waals surface area contributed by atoms with Crippen LogP contribution < -0.4 is 4.74 Å². The van der Waals surface area contributed by atoms with Gasteiger partial charge in [0, 0.05) is 5.02 Å². The van der Waals surface area contributed by atoms with Gasteiger partial charge >= 0.3 is 0 Å². The molecule has 1 heterocycles. The third kappa shape index (κ3) is 3.96. The lowest BCUT2D eigenvalue weighted by Gasteiger charge is -2.09. The number of hydrogen-bond acceptors (Lipinski definition) is 5. The number of carbonyl (C=O) groups is 1. The van der Waals surface area contributed by atoms with E-state index in [9.17, 15) is 4.79 Å². The number of nitrogens with zero attached hydrogens (tertiary/aromatic N) is 3. The predicted octanol–water partition coefficient (Wildman–Crippen LogP) is 3.95. The van der Waals surface area contributed by atoms with E-state index in [0.29, 0.717) is 15.9 Å². The highest BCUT2D eigenvalue weighted by Crippen LogP contribution is 2.25. The zero-order valence-corrected chi connectivity index (χ0v) is 14.4. The summed E-state index contributed by atoms with van der Waals surface area (Å²) in [5.41, 5.74) is 1.59. The maximum Gasteiger partial charge on any atom is 0.259 e. The molecule has 2 aromatic carbocycles. The van der Waals surface area contributed by atoms with Crippen LogP contribution in [0.15, 0.2) is 58.6 Å². The van der Waals surface area contributed by atoms with Gasteiger partial charge in [-0.2, -0.15) is 10.1 Å². The van der Waals surface area contributed by atoms with Crippen LogP contribution in [-0.2, 0) is 4.79 Å². The largest absolute Gasteiger partial charge is 0.497 e. The van der Waals surface area contributed by atoms with E-state index >= 15 is 0 Å². The number of amidine groups is 1. The molecule has 0 spiro atoms. The first kappa shape index (κ1) is 16.5. The molecule has 0 atom stereocenters. The van der Waals surface area contributed by atoms with Gasteiger partial charge in [0.2, 0.25) is 0 Å². The van der Waals surface area contributed by atoms with Crippen molar-refractivity contribution >= 4 is 46.3 Å². The Morgan fingerprint density at radius 1 is 1.17 bits per heavy atom. The Morgan fingerprint density at radius 3 is 2.54 bits per heavy atom. The first-order valence-corrected chi connectivity index (χ1v) is 8.50. The molecule has 1 aliphatic rings. The number of halogens is 1. The summed E-state index contributed by atoms with van der Waals surface area (Å²) in [4.78, 5) is 16.5. The fourth-order valence-corrected chi connectivity index (χ4v) is 2.93. The van der Waals surface area contributed by atoms with Crippen molar-refractivity contribution in [1.29, 1.82) is 0 Å². The Labute approximate surface area is 149 Å². The molecule has 0 bridgehead atoms. The lowest BCUT2D eigenvalue weighted by atomic mass is 10.2. The average Bonchev–Trinajstić information content (AvgIpc) is 2.95. The van der Waals surface area contributed by atoms with Crippen LogP contribution in [0.1, 0.15) is 5.56 Å². The Bertz CT molecular complexity index is 788. The summed E-state index contributed by atoms with van der Waals surface area (Å²) >= 11 is 7.23. The molecule has 0 N–H and O–H groups in total. The summed E-state index contributed by atoms with van der Waals surface area (Å²) in [7, 11) is 1.61. The van der Waals surface area contributed by atoms with Gasteiger partial charge in [-0.1, -0.05) is 23.4 Å². The summed E-state index contributed by atoms with van der Waals surface area (Å²) in [5, 5.41) is 6.78. The minimum absolute atomic E-state index is 0.0996. The Kier molecular flexibility index (Phi) is 5.17. The molecule has 24 heavy (non-hydrogen) atoms. The zero-order chi connectivity index (χ0) is 16.9. The van der Waals surface area contributed by atoms with Crippen molar-refractivity contribution < 1.29 is 9.53 Å². The first-order valence-electron chi connectivity index (χ1n) is 7.14. The van der Waals surface area contributed by atoms with Gasteiger partial charge in [-0.15, -0.1) is 0 Å². The van der Waals surface area contributed by atoms with E-state index in [1.807, 2.05) is 24.3 Å². The van der Waals surface area contributed by atoms with Crippen molar-refractivity contribution in [2.75, 3.05) is 12.9 Å². The van der Waals surface area contributed by atoms with E-state index in [4.69, 9.17) is 16.3 Å². The summed E-state index contributed by atoms with van der Waals surface area (Å²) in [6.07, 6.45) is 1.63. The van der Waals surface area contributed by atoms with Crippen molar-refractivity contribution in [3.63, 3.8) is 0 Å². The topological polar surface area (TPSA) is 54.3 Å². The van der Waals surface area contributed by atoms with Crippen LogP contribution in [0.2, 0.25) is 5.02 Å². The molecule has 1 amide bonds. The molecule has 122 valence electrons. The summed E-state index contributed by atoms with van der Waals surface area (Å²) < 4.78 is 5.12. The molecule has 1 aliphatic heterocycles. The molecule has 0 saturated carbocycles. The van der Waals surface area contributed by atoms with E-state index in [1.54, 1.807) is 37.6 Å². The monoisotopic (exact) mass is 359 g/mol. The van der Waals surface area contributed by atoms with Crippen LogP contribution in [0.4, 0.5) is 5.69 Å². The van der Waals surface area contributed by atoms with Crippen LogP contribution in [0.25, 0.3) is 0 Å². The van der Waals surface area contributed by atoms with E-state index in [0.717, 1.165) is 17.0 Å². The smallest absolute Gasteiger partial charge is 0.259 e. The molecular weight excluding hydrogens is 346 g/mol. The minimum atomic E-state index is -0.0996. The number of rotatable bonds is 4. The first-order chi connectivity index (χ1) is 11.7. The Balaban J connectivity index is 1.79. The van der Waals surface area contributed by atoms with Gasteiger partial charge in [0.25, 0.3) is 5.91 Å². The van der Waals surface area contributed by atoms with Gasteiger partial charge < -0.3 is 4.74 Å². The number of amides is 1. The fourth-order valence-electron chi connectivity index (χ4n) is 1.99. The van der Waals surface area contributed by atoms with Crippen molar-refractivity contribution in [3.05, 3.63) is 59.1 Å². The third-order valence-electron chi connectivity index (χ3n) is 3.23. The Morgan fingerprint density at radius 2 is 1.88 bits per heavy atom. The standard InChI is InChI=1S/C17H14ClN3O2S/c1-23-15-8-2-12(3-9-15)10-19-21-16(22)11-24-17(21)20-14-6-4-13(18)5-7-14/h2-10H,11H2,1H3/b19-10-,20-17?. The zero-order valence-electron chi connectivity index (χ0n) is 12.8. The van der Waals surface area contributed by atoms with E-state index in [1.165, 1.54) is 16.8 Å². The minimum Gasteiger partial charge on any atom is -0.497 e. The van der Waals surface area contributed by atoms with Crippen molar-refractivity contribution in [1.82, 2.24) is 5.01 Å². The second kappa shape index (κ2) is 7.51. The van der Waals surface area contributed by atoms with Gasteiger partial charge in [-0.25, -0.2) is 4.99 Å². The van der Waals surface area contributed by atoms with E-state index in [-0.39, 0.29) is 5.91 Å². The molecule has 0 aromatic heterocycles. The number of methoxy groups -OCH3 is 1. The van der Waals surface area contributed by atoms with Gasteiger partial charge in [0.05, 0.1) is 24.8 Å². The number of hydrogen-bond donors (Lipinski definition) is 0. The summed E-state index contributed by atoms with van der Waals surface area (Å²) in [6.45, 7) is 0. The van der Waals surface area contributed by atoms with Gasteiger partial charge in [0.15, 0.2) is 5.17 Å². The number of hydrazone groups is 1. The lowest BCUT2D eigenvalue weighted by molar-refractivity contribution is -0.124. The quantitative estimate of drug-likeness (QED) is 0.777. The third-order valence-corrected chi connectivity index (χ3v) is 4.40. The maximum absolute atomic E-state index is 12.0. The van der Waals surface area contributed by atoms with Gasteiger partial charge in [0.1, 0.15) is 5.75 Å². The highest BCUT2D eigenvalue weighted by atomic mass is 35.5. The molecule has 1 fully saturated rings. The summed E-state index contributed by atoms with van der Waals surface area (Å²) in [5.74, 6) is 0.995. The Hall–Kier alpha value is -2.31. The SMILES string of the molecule is COc1ccc(/C=N\N2C(=O)CSC2=Nc2ccc(Cl)cc2)cc1. The van der Waals surface area contributed by atoms with Crippen LogP contribution in [0.5, 0.6) is 5.75 Å². The second-order valence-electron chi connectivity index (χ2n) is 4.88. The molecule has 0 radical (unpaired) electrons. The highest BCUT2D eigenvalue weighted by molar-refractivity contribution is 8.15. The van der Waals surface area contributed by atoms with Crippen molar-refractivity contribution in [3.8, 4) is 5.75 Å². The van der Waals surface area contributed by atoms with Crippen LogP contribution in [-0.4, -0.2) is 35.2 Å². The maximum atomic E-state index is 12.0. The van der Waals surface area contributed by atoms with E-state index < -0.39 is 0 Å². The highest BCUT2D eigenvalue weighted by Gasteiger charge is 2.28. The van der Waals surface area contributed by atoms with Crippen LogP contribution in [0.3, 0.4) is 0 Å². The van der Waals surface area contributed by atoms with Gasteiger partial charge in [-0.05, 0) is 54.1 Å². The van der Waals surface area contributed by atoms with Crippen LogP contribution in [0, 0.1) is 0 Å². The molecule has 7 heteroatoms. The molecule has 3 rings (SSSR count). The number of carbonyl (C=O) groups excluding carboxylic acids is 1. The predicted molar refractivity (Wildman–Crippen MR) is 98.4 cm³/mol.